The van der Waals surface area contributed by atoms with Crippen LogP contribution >= 0.6 is 0 Å². The van der Waals surface area contributed by atoms with E-state index < -0.39 is 11.8 Å². The van der Waals surface area contributed by atoms with Crippen LogP contribution in [0.1, 0.15) is 56.1 Å². The third kappa shape index (κ3) is 4.59. The summed E-state index contributed by atoms with van der Waals surface area (Å²) in [7, 11) is 0. The second-order valence-electron chi connectivity index (χ2n) is 11.1. The van der Waals surface area contributed by atoms with E-state index in [1.54, 1.807) is 0 Å². The molecule has 3 unspecified atom stereocenters. The highest BCUT2D eigenvalue weighted by Gasteiger charge is 2.54. The van der Waals surface area contributed by atoms with Crippen LogP contribution in [0.25, 0.3) is 0 Å². The lowest BCUT2D eigenvalue weighted by molar-refractivity contribution is -0.129. The first-order valence-corrected chi connectivity index (χ1v) is 12.6. The number of aromatic nitrogens is 2. The van der Waals surface area contributed by atoms with Gasteiger partial charge in [-0.1, -0.05) is 12.1 Å². The quantitative estimate of drug-likeness (QED) is 0.393. The molecule has 5 aliphatic rings. The zero-order valence-electron chi connectivity index (χ0n) is 19.3. The van der Waals surface area contributed by atoms with E-state index in [4.69, 9.17) is 4.98 Å². The van der Waals surface area contributed by atoms with Gasteiger partial charge in [0.05, 0.1) is 5.60 Å². The van der Waals surface area contributed by atoms with Crippen LogP contribution in [0, 0.1) is 24.7 Å². The van der Waals surface area contributed by atoms with Gasteiger partial charge in [0, 0.05) is 36.0 Å². The first kappa shape index (κ1) is 21.3. The molecule has 2 aromatic rings. The normalized spacial score (nSPS) is 33.2. The van der Waals surface area contributed by atoms with Gasteiger partial charge in [-0.05, 0) is 87.3 Å². The number of aryl methyl sites for hydroxylation is 1. The zero-order chi connectivity index (χ0) is 22.6. The van der Waals surface area contributed by atoms with Crippen molar-refractivity contribution in [2.75, 3.05) is 10.6 Å². The summed E-state index contributed by atoms with van der Waals surface area (Å²) in [5.41, 5.74) is 2.60. The molecule has 3 atom stereocenters. The molecule has 7 heteroatoms. The smallest absolute Gasteiger partial charge is 0.229 e. The van der Waals surface area contributed by atoms with Crippen molar-refractivity contribution < 1.29 is 10.2 Å². The topological polar surface area (TPSA) is 102 Å². The average molecular weight is 450 g/mol. The number of nitrogens with zero attached hydrogens (tertiary/aromatic N) is 2. The van der Waals surface area contributed by atoms with Crippen molar-refractivity contribution >= 4 is 17.5 Å². The molecule has 7 nitrogen and oxygen atoms in total. The highest BCUT2D eigenvalue weighted by atomic mass is 16.3. The van der Waals surface area contributed by atoms with Crippen molar-refractivity contribution in [3.8, 4) is 0 Å². The number of hydrogen-bond acceptors (Lipinski definition) is 7. The number of nitrogens with one attached hydrogen (secondary N) is 3. The molecule has 0 saturated heterocycles. The van der Waals surface area contributed by atoms with Crippen LogP contribution in [0.5, 0.6) is 0 Å². The number of benzene rings is 1. The lowest BCUT2D eigenvalue weighted by Crippen LogP contribution is -2.59. The second kappa shape index (κ2) is 8.22. The third-order valence-corrected chi connectivity index (χ3v) is 8.13. The van der Waals surface area contributed by atoms with Crippen LogP contribution in [0.4, 0.5) is 17.5 Å². The summed E-state index contributed by atoms with van der Waals surface area (Å²) in [4.78, 5) is 9.32. The van der Waals surface area contributed by atoms with Crippen molar-refractivity contribution in [1.82, 2.24) is 15.3 Å². The summed E-state index contributed by atoms with van der Waals surface area (Å²) in [6.45, 7) is 2.05. The summed E-state index contributed by atoms with van der Waals surface area (Å²) >= 11 is 0. The summed E-state index contributed by atoms with van der Waals surface area (Å²) in [5.74, 6) is 3.20. The van der Waals surface area contributed by atoms with Crippen LogP contribution in [0.2, 0.25) is 0 Å². The molecule has 5 aliphatic carbocycles. The maximum Gasteiger partial charge on any atom is 0.229 e. The number of anilines is 3. The molecule has 33 heavy (non-hydrogen) atoms. The van der Waals surface area contributed by atoms with E-state index in [9.17, 15) is 10.2 Å². The molecule has 5 fully saturated rings. The lowest BCUT2D eigenvalue weighted by Gasteiger charge is -2.58. The Morgan fingerprint density at radius 1 is 1.15 bits per heavy atom. The molecular formula is C26H35N5O2. The summed E-state index contributed by atoms with van der Waals surface area (Å²) < 4.78 is 0. The van der Waals surface area contributed by atoms with Crippen molar-refractivity contribution in [3.63, 3.8) is 0 Å². The third-order valence-electron chi connectivity index (χ3n) is 8.13. The van der Waals surface area contributed by atoms with Gasteiger partial charge in [0.1, 0.15) is 12.0 Å². The molecule has 7 rings (SSSR count). The average Bonchev–Trinajstić information content (AvgIpc) is 3.56. The zero-order valence-corrected chi connectivity index (χ0v) is 19.3. The Bertz CT molecular complexity index is 1010. The Morgan fingerprint density at radius 2 is 1.94 bits per heavy atom. The molecule has 1 aromatic carbocycles. The second-order valence-corrected chi connectivity index (χ2v) is 11.1. The van der Waals surface area contributed by atoms with Crippen LogP contribution < -0.4 is 16.0 Å². The monoisotopic (exact) mass is 449 g/mol. The predicted molar refractivity (Wildman–Crippen MR) is 128 cm³/mol. The minimum absolute atomic E-state index is 0.382. The molecule has 1 heterocycles. The van der Waals surface area contributed by atoms with Crippen LogP contribution in [0.3, 0.4) is 0 Å². The SMILES string of the molecule is Cc1cnc(Nc2cccc(CC(O)NC3CC3)c2)nc1NC1C2CC3CC1CC(O)(C3)C2. The molecular weight excluding hydrogens is 414 g/mol. The van der Waals surface area contributed by atoms with Gasteiger partial charge in [0.2, 0.25) is 5.95 Å². The largest absolute Gasteiger partial charge is 0.390 e. The fourth-order valence-corrected chi connectivity index (χ4v) is 6.73. The summed E-state index contributed by atoms with van der Waals surface area (Å²) in [6.07, 6.45) is 9.52. The van der Waals surface area contributed by atoms with E-state index in [0.717, 1.165) is 54.7 Å². The van der Waals surface area contributed by atoms with Crippen LogP contribution in [-0.4, -0.2) is 44.1 Å². The Labute approximate surface area is 195 Å². The van der Waals surface area contributed by atoms with Gasteiger partial charge in [0.15, 0.2) is 0 Å². The molecule has 0 spiro atoms. The molecule has 176 valence electrons. The fraction of sp³-hybridized carbons (Fsp3) is 0.615. The molecule has 5 N–H and O–H groups in total. The first-order valence-electron chi connectivity index (χ1n) is 12.6. The summed E-state index contributed by atoms with van der Waals surface area (Å²) in [6, 6.07) is 8.93. The molecule has 0 amide bonds. The lowest BCUT2D eigenvalue weighted by atomic mass is 9.52. The van der Waals surface area contributed by atoms with Crippen molar-refractivity contribution in [1.29, 1.82) is 0 Å². The number of aliphatic hydroxyl groups excluding tert-OH is 1. The van der Waals surface area contributed by atoms with E-state index in [2.05, 4.69) is 20.9 Å². The van der Waals surface area contributed by atoms with Gasteiger partial charge in [-0.3, -0.25) is 5.32 Å². The minimum Gasteiger partial charge on any atom is -0.390 e. The standard InChI is InChI=1S/C26H35N5O2/c1-15-14-27-25(29-21-4-2-3-16(9-21)10-22(32)28-20-5-6-20)31-24(15)30-23-18-7-17-8-19(23)13-26(33,11-17)12-18/h2-4,9,14,17-20,22-23,28,32-33H,5-8,10-13H2,1H3,(H2,27,29,30,31). The highest BCUT2D eigenvalue weighted by Crippen LogP contribution is 2.56. The Hall–Kier alpha value is -2.22. The van der Waals surface area contributed by atoms with Gasteiger partial charge in [0.25, 0.3) is 0 Å². The number of hydrogen-bond donors (Lipinski definition) is 5. The number of rotatable bonds is 8. The van der Waals surface area contributed by atoms with Gasteiger partial charge >= 0.3 is 0 Å². The number of aliphatic hydroxyl groups is 2. The van der Waals surface area contributed by atoms with E-state index in [1.165, 1.54) is 12.8 Å². The molecule has 4 bridgehead atoms. The molecule has 5 saturated carbocycles. The van der Waals surface area contributed by atoms with Crippen molar-refractivity contribution in [3.05, 3.63) is 41.6 Å². The Balaban J connectivity index is 1.14. The van der Waals surface area contributed by atoms with Gasteiger partial charge in [-0.15, -0.1) is 0 Å². The van der Waals surface area contributed by atoms with E-state index in [-0.39, 0.29) is 0 Å². The minimum atomic E-state index is -0.516. The van der Waals surface area contributed by atoms with E-state index in [1.807, 2.05) is 37.4 Å². The van der Waals surface area contributed by atoms with Gasteiger partial charge in [-0.25, -0.2) is 4.98 Å². The maximum atomic E-state index is 10.9. The van der Waals surface area contributed by atoms with E-state index in [0.29, 0.717) is 42.2 Å². The molecule has 0 radical (unpaired) electrons. The Kier molecular flexibility index (Phi) is 5.31. The maximum absolute atomic E-state index is 10.9. The van der Waals surface area contributed by atoms with Crippen molar-refractivity contribution in [2.24, 2.45) is 17.8 Å². The van der Waals surface area contributed by atoms with Crippen molar-refractivity contribution in [2.45, 2.75) is 82.2 Å². The fourth-order valence-electron chi connectivity index (χ4n) is 6.73. The van der Waals surface area contributed by atoms with Crippen LogP contribution in [-0.2, 0) is 6.42 Å². The summed E-state index contributed by atoms with van der Waals surface area (Å²) in [5, 5.41) is 31.5. The van der Waals surface area contributed by atoms with Gasteiger partial charge in [-0.2, -0.15) is 4.98 Å². The van der Waals surface area contributed by atoms with Gasteiger partial charge < -0.3 is 20.8 Å². The Morgan fingerprint density at radius 3 is 2.67 bits per heavy atom. The molecule has 0 aliphatic heterocycles. The van der Waals surface area contributed by atoms with Crippen LogP contribution in [0.15, 0.2) is 30.5 Å². The van der Waals surface area contributed by atoms with E-state index >= 15 is 0 Å². The first-order chi connectivity index (χ1) is 15.9. The predicted octanol–water partition coefficient (Wildman–Crippen LogP) is 3.49. The highest BCUT2D eigenvalue weighted by molar-refractivity contribution is 5.57. The molecule has 1 aromatic heterocycles.